The summed E-state index contributed by atoms with van der Waals surface area (Å²) >= 11 is 3.52. The summed E-state index contributed by atoms with van der Waals surface area (Å²) in [5, 5.41) is 6.54. The molecule has 0 unspecified atom stereocenters. The Balaban J connectivity index is 1.20. The first-order chi connectivity index (χ1) is 22.1. The number of nitrogens with one attached hydrogen (secondary N) is 3. The number of fused-ring (bicyclic) bond motifs is 1. The maximum Gasteiger partial charge on any atom is 0.229 e. The molecular weight excluding hydrogens is 672 g/mol. The number of hydrogen-bond acceptors (Lipinski definition) is 12. The van der Waals surface area contributed by atoms with E-state index >= 15 is 0 Å². The number of likely N-dealkylation sites (N-methyl/N-ethyl adjacent to an activating group) is 1. The van der Waals surface area contributed by atoms with Gasteiger partial charge in [-0.25, -0.2) is 13.4 Å². The average molecular weight is 712 g/mol. The van der Waals surface area contributed by atoms with Gasteiger partial charge in [-0.3, -0.25) is 19.6 Å². The fourth-order valence-corrected chi connectivity index (χ4v) is 6.96. The van der Waals surface area contributed by atoms with Gasteiger partial charge in [0.25, 0.3) is 0 Å². The van der Waals surface area contributed by atoms with Crippen LogP contribution in [0, 0.1) is 6.92 Å². The summed E-state index contributed by atoms with van der Waals surface area (Å²) in [6, 6.07) is 8.15. The van der Waals surface area contributed by atoms with Crippen LogP contribution in [-0.2, 0) is 10.0 Å². The van der Waals surface area contributed by atoms with E-state index in [9.17, 15) is 8.42 Å². The first kappa shape index (κ1) is 32.2. The highest BCUT2D eigenvalue weighted by molar-refractivity contribution is 9.10. The number of piperazine rings is 1. The molecule has 2 aromatic heterocycles. The highest BCUT2D eigenvalue weighted by Gasteiger charge is 2.28. The van der Waals surface area contributed by atoms with Crippen molar-refractivity contribution in [1.82, 2.24) is 29.7 Å². The van der Waals surface area contributed by atoms with Gasteiger partial charge in [0.15, 0.2) is 0 Å². The van der Waals surface area contributed by atoms with E-state index in [1.807, 2.05) is 0 Å². The van der Waals surface area contributed by atoms with Crippen molar-refractivity contribution >= 4 is 71.5 Å². The number of anilines is 6. The molecule has 2 aromatic carbocycles. The van der Waals surface area contributed by atoms with Crippen molar-refractivity contribution in [2.24, 2.45) is 0 Å². The van der Waals surface area contributed by atoms with Crippen LogP contribution in [-0.4, -0.2) is 104 Å². The van der Waals surface area contributed by atoms with Crippen molar-refractivity contribution < 1.29 is 13.2 Å². The third-order valence-corrected chi connectivity index (χ3v) is 9.70. The van der Waals surface area contributed by atoms with E-state index in [2.05, 4.69) is 92.0 Å². The predicted octanol–water partition coefficient (Wildman–Crippen LogP) is 4.57. The molecule has 2 saturated heterocycles. The summed E-state index contributed by atoms with van der Waals surface area (Å²) in [7, 11) is 0.292. The van der Waals surface area contributed by atoms with Crippen LogP contribution in [0.1, 0.15) is 18.4 Å². The van der Waals surface area contributed by atoms with Crippen LogP contribution in [0.15, 0.2) is 47.3 Å². The third kappa shape index (κ3) is 7.43. The lowest BCUT2D eigenvalue weighted by Crippen LogP contribution is -2.52. The summed E-state index contributed by atoms with van der Waals surface area (Å²) in [6.45, 7) is 8.72. The lowest BCUT2D eigenvalue weighted by Gasteiger charge is -2.43. The molecular formula is C31H39BrN10O3S. The van der Waals surface area contributed by atoms with Gasteiger partial charge in [0, 0.05) is 75.7 Å². The topological polar surface area (TPSA) is 141 Å². The van der Waals surface area contributed by atoms with Gasteiger partial charge in [-0.1, -0.05) is 0 Å². The molecule has 13 nitrogen and oxygen atoms in total. The smallest absolute Gasteiger partial charge is 0.229 e. The number of nitrogens with zero attached hydrogens (tertiary/aromatic N) is 7. The Bertz CT molecular complexity index is 1830. The van der Waals surface area contributed by atoms with E-state index in [4.69, 9.17) is 4.74 Å². The summed E-state index contributed by atoms with van der Waals surface area (Å²) < 4.78 is 33.2. The summed E-state index contributed by atoms with van der Waals surface area (Å²) in [6.07, 6.45) is 8.16. The second-order valence-corrected chi connectivity index (χ2v) is 14.5. The van der Waals surface area contributed by atoms with Gasteiger partial charge in [0.05, 0.1) is 45.9 Å². The van der Waals surface area contributed by atoms with Crippen molar-refractivity contribution in [1.29, 1.82) is 0 Å². The van der Waals surface area contributed by atoms with Crippen LogP contribution < -0.4 is 25.0 Å². The summed E-state index contributed by atoms with van der Waals surface area (Å²) in [5.41, 5.74) is 4.96. The van der Waals surface area contributed by atoms with Gasteiger partial charge in [-0.05, 0) is 66.5 Å². The Morgan fingerprint density at radius 3 is 2.22 bits per heavy atom. The number of rotatable bonds is 9. The normalized spacial score (nSPS) is 16.8. The van der Waals surface area contributed by atoms with Crippen molar-refractivity contribution in [2.45, 2.75) is 25.8 Å². The van der Waals surface area contributed by atoms with Crippen LogP contribution in [0.2, 0.25) is 0 Å². The molecule has 0 radical (unpaired) electrons. The van der Waals surface area contributed by atoms with Gasteiger partial charge < -0.3 is 25.2 Å². The van der Waals surface area contributed by atoms with Crippen LogP contribution in [0.3, 0.4) is 0 Å². The second-order valence-electron chi connectivity index (χ2n) is 11.9. The molecule has 2 fully saturated rings. The number of ether oxygens (including phenoxy) is 1. The van der Waals surface area contributed by atoms with Crippen LogP contribution in [0.25, 0.3) is 11.0 Å². The van der Waals surface area contributed by atoms with Crippen molar-refractivity contribution in [3.8, 4) is 5.75 Å². The Kier molecular flexibility index (Phi) is 9.45. The standard InChI is InChI=1S/C31H39BrN10O3S/c1-20-15-27(29(45-3)18-28(20)42-9-5-21(6-10-42)41-13-11-40(2)12-14-41)37-31-35-19-22(32)30(38-31)36-25-16-23-24(34-8-7-33-23)17-26(25)39-46(4,43)44/h7-8,15-19,21,39H,5-6,9-14H2,1-4H3,(H2,35,36,37,38). The minimum Gasteiger partial charge on any atom is -0.494 e. The number of aryl methyl sites for hydroxylation is 1. The van der Waals surface area contributed by atoms with E-state index < -0.39 is 10.0 Å². The maximum absolute atomic E-state index is 12.1. The number of sulfonamides is 1. The first-order valence-corrected chi connectivity index (χ1v) is 17.9. The average Bonchev–Trinajstić information content (AvgIpc) is 3.03. The first-order valence-electron chi connectivity index (χ1n) is 15.2. The SMILES string of the molecule is COc1cc(N2CCC(N3CCN(C)CC3)CC2)c(C)cc1Nc1ncc(Br)c(Nc2cc3nccnc3cc2NS(C)(=O)=O)n1. The monoisotopic (exact) mass is 710 g/mol. The molecule has 4 heterocycles. The van der Waals surface area contributed by atoms with Gasteiger partial charge in [0.1, 0.15) is 11.6 Å². The molecule has 4 aromatic rings. The molecule has 0 aliphatic carbocycles. The molecule has 0 spiro atoms. The van der Waals surface area contributed by atoms with Gasteiger partial charge in [-0.2, -0.15) is 4.98 Å². The Labute approximate surface area is 278 Å². The maximum atomic E-state index is 12.1. The number of methoxy groups -OCH3 is 1. The van der Waals surface area contributed by atoms with Gasteiger partial charge >= 0.3 is 0 Å². The Hall–Kier alpha value is -3.79. The van der Waals surface area contributed by atoms with E-state index in [1.165, 1.54) is 5.69 Å². The lowest BCUT2D eigenvalue weighted by molar-refractivity contribution is 0.0982. The van der Waals surface area contributed by atoms with Crippen LogP contribution in [0.5, 0.6) is 5.75 Å². The molecule has 0 bridgehead atoms. The predicted molar refractivity (Wildman–Crippen MR) is 186 cm³/mol. The molecule has 46 heavy (non-hydrogen) atoms. The molecule has 244 valence electrons. The van der Waals surface area contributed by atoms with E-state index in [0.29, 0.717) is 50.4 Å². The van der Waals surface area contributed by atoms with E-state index in [0.717, 1.165) is 69.6 Å². The van der Waals surface area contributed by atoms with Crippen molar-refractivity contribution in [3.05, 3.63) is 52.9 Å². The highest BCUT2D eigenvalue weighted by atomic mass is 79.9. The quantitative estimate of drug-likeness (QED) is 0.224. The molecule has 15 heteroatoms. The Morgan fingerprint density at radius 1 is 0.891 bits per heavy atom. The minimum atomic E-state index is -3.57. The third-order valence-electron chi connectivity index (χ3n) is 8.53. The number of hydrogen-bond donors (Lipinski definition) is 3. The minimum absolute atomic E-state index is 0.316. The zero-order chi connectivity index (χ0) is 32.4. The molecule has 2 aliphatic rings. The van der Waals surface area contributed by atoms with Crippen molar-refractivity contribution in [3.63, 3.8) is 0 Å². The molecule has 0 amide bonds. The molecule has 2 aliphatic heterocycles. The van der Waals surface area contributed by atoms with E-state index in [-0.39, 0.29) is 0 Å². The zero-order valence-corrected chi connectivity index (χ0v) is 28.8. The van der Waals surface area contributed by atoms with Gasteiger partial charge in [-0.15, -0.1) is 0 Å². The van der Waals surface area contributed by atoms with E-state index in [1.54, 1.807) is 37.8 Å². The van der Waals surface area contributed by atoms with Crippen LogP contribution in [0.4, 0.5) is 34.5 Å². The number of aromatic nitrogens is 4. The molecule has 0 atom stereocenters. The summed E-state index contributed by atoms with van der Waals surface area (Å²) in [5.74, 6) is 1.45. The fourth-order valence-electron chi connectivity index (χ4n) is 6.11. The van der Waals surface area contributed by atoms with Crippen molar-refractivity contribution in [2.75, 3.05) is 79.9 Å². The van der Waals surface area contributed by atoms with Crippen LogP contribution >= 0.6 is 15.9 Å². The molecule has 6 rings (SSSR count). The van der Waals surface area contributed by atoms with Gasteiger partial charge in [0.2, 0.25) is 16.0 Å². The highest BCUT2D eigenvalue weighted by Crippen LogP contribution is 2.37. The fraction of sp³-hybridized carbons (Fsp3) is 0.419. The number of halogens is 1. The number of piperidine rings is 1. The Morgan fingerprint density at radius 2 is 1.57 bits per heavy atom. The zero-order valence-electron chi connectivity index (χ0n) is 26.4. The summed E-state index contributed by atoms with van der Waals surface area (Å²) in [4.78, 5) is 25.3. The molecule has 3 N–H and O–H groups in total. The number of benzene rings is 2. The second kappa shape index (κ2) is 13.5. The largest absolute Gasteiger partial charge is 0.494 e. The molecule has 0 saturated carbocycles. The lowest BCUT2D eigenvalue weighted by atomic mass is 10.0.